The van der Waals surface area contributed by atoms with Crippen LogP contribution in [0.1, 0.15) is 10.4 Å². The van der Waals surface area contributed by atoms with Crippen LogP contribution in [-0.2, 0) is 0 Å². The predicted molar refractivity (Wildman–Crippen MR) is 138 cm³/mol. The van der Waals surface area contributed by atoms with E-state index < -0.39 is 35.1 Å². The van der Waals surface area contributed by atoms with Gasteiger partial charge in [0.2, 0.25) is 0 Å². The van der Waals surface area contributed by atoms with Crippen LogP contribution in [0.2, 0.25) is 5.02 Å². The van der Waals surface area contributed by atoms with Gasteiger partial charge in [-0.15, -0.1) is 0 Å². The number of halogens is 3. The second kappa shape index (κ2) is 11.8. The van der Waals surface area contributed by atoms with Gasteiger partial charge in [0.15, 0.2) is 28.9 Å². The molecule has 202 valence electrons. The number of likely N-dealkylation sites (N-methyl/N-ethyl adjacent to an activating group) is 1. The van der Waals surface area contributed by atoms with Crippen LogP contribution >= 0.6 is 11.6 Å². The highest BCUT2D eigenvalue weighted by molar-refractivity contribution is 6.34. The summed E-state index contributed by atoms with van der Waals surface area (Å²) in [6.45, 7) is 0.172. The Morgan fingerprint density at radius 1 is 1.05 bits per heavy atom. The van der Waals surface area contributed by atoms with E-state index in [1.165, 1.54) is 44.9 Å². The molecule has 0 saturated carbocycles. The molecule has 0 bridgehead atoms. The molecule has 0 unspecified atom stereocenters. The number of nitrogens with zero attached hydrogens (tertiary/aromatic N) is 3. The molecule has 0 atom stereocenters. The lowest BCUT2D eigenvalue weighted by atomic mass is 10.1. The van der Waals surface area contributed by atoms with Gasteiger partial charge in [-0.1, -0.05) is 11.6 Å². The number of carbonyl (C=O) groups is 2. The number of methoxy groups -OCH3 is 1. The average molecular weight is 559 g/mol. The largest absolute Gasteiger partial charge is 0.493 e. The molecule has 0 aliphatic heterocycles. The van der Waals surface area contributed by atoms with Crippen molar-refractivity contribution in [1.82, 2.24) is 14.9 Å². The van der Waals surface area contributed by atoms with Crippen molar-refractivity contribution >= 4 is 40.2 Å². The van der Waals surface area contributed by atoms with E-state index in [1.54, 1.807) is 12.1 Å². The molecule has 10 nitrogen and oxygen atoms in total. The lowest BCUT2D eigenvalue weighted by Gasteiger charge is -2.16. The van der Waals surface area contributed by atoms with Crippen LogP contribution < -0.4 is 19.5 Å². The topological polar surface area (TPSA) is 123 Å². The van der Waals surface area contributed by atoms with Gasteiger partial charge in [0.25, 0.3) is 5.91 Å². The number of amides is 2. The third kappa shape index (κ3) is 6.24. The minimum absolute atomic E-state index is 0.00578. The maximum absolute atomic E-state index is 14.9. The Kier molecular flexibility index (Phi) is 8.25. The first kappa shape index (κ1) is 27.3. The van der Waals surface area contributed by atoms with Gasteiger partial charge in [-0.05, 0) is 18.2 Å². The van der Waals surface area contributed by atoms with Crippen molar-refractivity contribution in [3.8, 4) is 23.0 Å². The molecule has 2 aromatic heterocycles. The Bertz CT molecular complexity index is 1550. The zero-order chi connectivity index (χ0) is 28.1. The van der Waals surface area contributed by atoms with Crippen molar-refractivity contribution in [1.29, 1.82) is 0 Å². The van der Waals surface area contributed by atoms with Gasteiger partial charge in [-0.2, -0.15) is 0 Å². The first-order chi connectivity index (χ1) is 18.7. The highest BCUT2D eigenvalue weighted by Gasteiger charge is 2.18. The molecule has 2 N–H and O–H groups in total. The van der Waals surface area contributed by atoms with Crippen molar-refractivity contribution in [2.75, 3.05) is 32.6 Å². The Balaban J connectivity index is 1.57. The van der Waals surface area contributed by atoms with Gasteiger partial charge in [-0.25, -0.2) is 13.6 Å². The molecule has 39 heavy (non-hydrogen) atoms. The molecule has 13 heteroatoms. The summed E-state index contributed by atoms with van der Waals surface area (Å²) in [7, 11) is 2.82. The van der Waals surface area contributed by atoms with Crippen LogP contribution in [0.4, 0.5) is 19.3 Å². The maximum atomic E-state index is 14.9. The summed E-state index contributed by atoms with van der Waals surface area (Å²) in [5.41, 5.74) is -0.0249. The monoisotopic (exact) mass is 558 g/mol. The molecule has 0 spiro atoms. The first-order valence-corrected chi connectivity index (χ1v) is 11.7. The number of fused-ring (bicyclic) bond motifs is 1. The zero-order valence-corrected chi connectivity index (χ0v) is 21.3. The SMILES string of the molecule is COc1cc2c(Oc3cc(F)c(NC(=O)c4cnccc4Cl)cc3F)ccnc2cc1OCCN(C)C(=O)O. The third-order valence-electron chi connectivity index (χ3n) is 5.50. The summed E-state index contributed by atoms with van der Waals surface area (Å²) in [6.07, 6.45) is 2.91. The number of anilines is 1. The highest BCUT2D eigenvalue weighted by Crippen LogP contribution is 2.38. The maximum Gasteiger partial charge on any atom is 0.407 e. The van der Waals surface area contributed by atoms with Gasteiger partial charge < -0.3 is 29.5 Å². The van der Waals surface area contributed by atoms with E-state index in [-0.39, 0.29) is 35.2 Å². The van der Waals surface area contributed by atoms with E-state index in [2.05, 4.69) is 15.3 Å². The van der Waals surface area contributed by atoms with Crippen molar-refractivity contribution < 1.29 is 37.7 Å². The normalized spacial score (nSPS) is 10.7. The van der Waals surface area contributed by atoms with E-state index >= 15 is 0 Å². The van der Waals surface area contributed by atoms with E-state index in [9.17, 15) is 18.4 Å². The van der Waals surface area contributed by atoms with Gasteiger partial charge in [0.1, 0.15) is 12.4 Å². The number of aromatic nitrogens is 2. The van der Waals surface area contributed by atoms with Crippen molar-refractivity contribution in [2.24, 2.45) is 0 Å². The number of hydrogen-bond acceptors (Lipinski definition) is 7. The second-order valence-electron chi connectivity index (χ2n) is 8.06. The van der Waals surface area contributed by atoms with Crippen LogP contribution in [0.25, 0.3) is 10.9 Å². The lowest BCUT2D eigenvalue weighted by Crippen LogP contribution is -2.29. The molecule has 2 amide bonds. The van der Waals surface area contributed by atoms with Crippen LogP contribution in [0.3, 0.4) is 0 Å². The second-order valence-corrected chi connectivity index (χ2v) is 8.46. The van der Waals surface area contributed by atoms with Gasteiger partial charge in [0, 0.05) is 49.2 Å². The molecule has 4 aromatic rings. The summed E-state index contributed by atoms with van der Waals surface area (Å²) in [5.74, 6) is -2.35. The van der Waals surface area contributed by atoms with E-state index in [0.29, 0.717) is 16.7 Å². The van der Waals surface area contributed by atoms with Crippen LogP contribution in [-0.4, -0.2) is 59.3 Å². The molecule has 0 aliphatic carbocycles. The standard InChI is InChI=1S/C26H21ClF2N4O6/c1-33(26(35)36)7-8-38-24-12-19-14(9-23(24)37-2)21(4-6-31-19)39-22-11-17(28)20(10-18(22)29)32-25(34)15-13-30-5-3-16(15)27/h3-6,9-13H,7-8H2,1-2H3,(H,32,34)(H,35,36). The minimum atomic E-state index is -1.09. The first-order valence-electron chi connectivity index (χ1n) is 11.3. The van der Waals surface area contributed by atoms with Crippen LogP contribution in [0, 0.1) is 11.6 Å². The number of nitrogens with one attached hydrogen (secondary N) is 1. The quantitative estimate of drug-likeness (QED) is 0.272. The Labute approximate surface area is 225 Å². The number of carbonyl (C=O) groups excluding carboxylic acids is 1. The molecule has 0 saturated heterocycles. The van der Waals surface area contributed by atoms with Gasteiger partial charge >= 0.3 is 6.09 Å². The molecule has 0 fully saturated rings. The molecule has 2 heterocycles. The Hall–Kier alpha value is -4.71. The van der Waals surface area contributed by atoms with Crippen LogP contribution in [0.5, 0.6) is 23.0 Å². The molecular weight excluding hydrogens is 538 g/mol. The third-order valence-corrected chi connectivity index (χ3v) is 5.83. The smallest absolute Gasteiger partial charge is 0.407 e. The van der Waals surface area contributed by atoms with Crippen molar-refractivity contribution in [2.45, 2.75) is 0 Å². The fraction of sp³-hybridized carbons (Fsp3) is 0.154. The van der Waals surface area contributed by atoms with E-state index in [0.717, 1.165) is 17.0 Å². The van der Waals surface area contributed by atoms with Gasteiger partial charge in [0.05, 0.1) is 35.4 Å². The summed E-state index contributed by atoms with van der Waals surface area (Å²) >= 11 is 5.97. The van der Waals surface area contributed by atoms with Crippen molar-refractivity contribution in [3.05, 3.63) is 77.2 Å². The number of rotatable bonds is 9. The zero-order valence-electron chi connectivity index (χ0n) is 20.6. The average Bonchev–Trinajstić information content (AvgIpc) is 2.91. The predicted octanol–water partition coefficient (Wildman–Crippen LogP) is 5.60. The van der Waals surface area contributed by atoms with Crippen molar-refractivity contribution in [3.63, 3.8) is 0 Å². The highest BCUT2D eigenvalue weighted by atomic mass is 35.5. The fourth-order valence-electron chi connectivity index (χ4n) is 3.43. The number of hydrogen-bond donors (Lipinski definition) is 2. The summed E-state index contributed by atoms with van der Waals surface area (Å²) in [6, 6.07) is 7.55. The Morgan fingerprint density at radius 2 is 1.85 bits per heavy atom. The summed E-state index contributed by atoms with van der Waals surface area (Å²) in [5, 5.41) is 11.7. The summed E-state index contributed by atoms with van der Waals surface area (Å²) in [4.78, 5) is 32.5. The molecule has 2 aromatic carbocycles. The fourth-order valence-corrected chi connectivity index (χ4v) is 3.62. The minimum Gasteiger partial charge on any atom is -0.493 e. The molecular formula is C26H21ClF2N4O6. The van der Waals surface area contributed by atoms with E-state index in [4.69, 9.17) is 30.9 Å². The summed E-state index contributed by atoms with van der Waals surface area (Å²) < 4.78 is 46.5. The number of pyridine rings is 2. The molecule has 0 radical (unpaired) electrons. The van der Waals surface area contributed by atoms with E-state index in [1.807, 2.05) is 0 Å². The van der Waals surface area contributed by atoms with Gasteiger partial charge in [-0.3, -0.25) is 14.8 Å². The number of carboxylic acid groups (broad SMARTS) is 1. The molecule has 4 rings (SSSR count). The number of benzene rings is 2. The number of ether oxygens (including phenoxy) is 3. The molecule has 0 aliphatic rings. The van der Waals surface area contributed by atoms with Crippen LogP contribution in [0.15, 0.2) is 55.0 Å². The Morgan fingerprint density at radius 3 is 2.56 bits per heavy atom. The lowest BCUT2D eigenvalue weighted by molar-refractivity contribution is 0.102.